The number of hydrogen-bond donors (Lipinski definition) is 4. The molecular formula is C15H22BF3N4O4S. The van der Waals surface area contributed by atoms with Crippen LogP contribution in [0.15, 0.2) is 5.38 Å². The fourth-order valence-corrected chi connectivity index (χ4v) is 3.63. The van der Waals surface area contributed by atoms with E-state index in [1.165, 1.54) is 4.90 Å². The van der Waals surface area contributed by atoms with Crippen molar-refractivity contribution in [1.82, 2.24) is 15.6 Å². The van der Waals surface area contributed by atoms with Crippen molar-refractivity contribution in [1.29, 1.82) is 0 Å². The molecular weight excluding hydrogens is 400 g/mol. The minimum absolute atomic E-state index is 0.101. The van der Waals surface area contributed by atoms with Gasteiger partial charge >= 0.3 is 13.3 Å². The first-order valence-corrected chi connectivity index (χ1v) is 9.59. The van der Waals surface area contributed by atoms with Crippen molar-refractivity contribution in [2.24, 2.45) is 5.92 Å². The second-order valence-corrected chi connectivity index (χ2v) is 7.78. The van der Waals surface area contributed by atoms with Crippen LogP contribution in [0.5, 0.6) is 0 Å². The van der Waals surface area contributed by atoms with Crippen LogP contribution in [0.25, 0.3) is 0 Å². The molecule has 2 atom stereocenters. The van der Waals surface area contributed by atoms with E-state index in [1.54, 1.807) is 0 Å². The Morgan fingerprint density at radius 1 is 1.43 bits per heavy atom. The molecule has 2 heterocycles. The lowest BCUT2D eigenvalue weighted by atomic mass is 9.75. The first kappa shape index (κ1) is 22.4. The summed E-state index contributed by atoms with van der Waals surface area (Å²) in [4.78, 5) is 29.2. The number of carbonyl (C=O) groups is 2. The second kappa shape index (κ2) is 9.10. The quantitative estimate of drug-likeness (QED) is 0.451. The van der Waals surface area contributed by atoms with Crippen LogP contribution >= 0.6 is 11.3 Å². The van der Waals surface area contributed by atoms with Gasteiger partial charge in [-0.1, -0.05) is 13.8 Å². The Kier molecular flexibility index (Phi) is 7.29. The largest absolute Gasteiger partial charge is 0.475 e. The molecule has 13 heteroatoms. The third-order valence-corrected chi connectivity index (χ3v) is 5.08. The third kappa shape index (κ3) is 5.82. The molecule has 8 nitrogen and oxygen atoms in total. The van der Waals surface area contributed by atoms with Gasteiger partial charge in [-0.2, -0.15) is 13.2 Å². The second-order valence-electron chi connectivity index (χ2n) is 6.95. The Labute approximate surface area is 164 Å². The number of amides is 2. The zero-order valence-corrected chi connectivity index (χ0v) is 16.2. The van der Waals surface area contributed by atoms with Gasteiger partial charge in [0.2, 0.25) is 11.8 Å². The summed E-state index contributed by atoms with van der Waals surface area (Å²) in [5, 5.41) is 24.5. The molecule has 28 heavy (non-hydrogen) atoms. The molecule has 0 bridgehead atoms. The van der Waals surface area contributed by atoms with Crippen LogP contribution in [0, 0.1) is 5.92 Å². The molecule has 4 N–H and O–H groups in total. The highest BCUT2D eigenvalue weighted by atomic mass is 32.1. The Hall–Kier alpha value is -1.86. The maximum absolute atomic E-state index is 12.7. The molecule has 1 aromatic heterocycles. The molecule has 1 aliphatic rings. The Balaban J connectivity index is 1.86. The summed E-state index contributed by atoms with van der Waals surface area (Å²) in [6.07, 6.45) is -3.77. The van der Waals surface area contributed by atoms with Gasteiger partial charge < -0.3 is 25.6 Å². The van der Waals surface area contributed by atoms with Gasteiger partial charge in [0.1, 0.15) is 6.04 Å². The first-order valence-electron chi connectivity index (χ1n) is 8.71. The molecule has 0 spiro atoms. The van der Waals surface area contributed by atoms with Gasteiger partial charge in [0.05, 0.1) is 12.5 Å². The van der Waals surface area contributed by atoms with Crippen molar-refractivity contribution in [2.45, 2.75) is 44.8 Å². The van der Waals surface area contributed by atoms with Crippen LogP contribution in [0.2, 0.25) is 0 Å². The Morgan fingerprint density at radius 2 is 2.11 bits per heavy atom. The van der Waals surface area contributed by atoms with Gasteiger partial charge in [-0.3, -0.25) is 9.59 Å². The number of halogens is 3. The average Bonchev–Trinajstić information content (AvgIpc) is 3.00. The number of hydrogen-bond acceptors (Lipinski definition) is 7. The molecule has 1 aliphatic heterocycles. The van der Waals surface area contributed by atoms with Crippen molar-refractivity contribution in [3.8, 4) is 0 Å². The minimum atomic E-state index is -4.54. The van der Waals surface area contributed by atoms with E-state index >= 15 is 0 Å². The van der Waals surface area contributed by atoms with Crippen molar-refractivity contribution in [3.63, 3.8) is 0 Å². The molecule has 0 radical (unpaired) electrons. The van der Waals surface area contributed by atoms with Crippen molar-refractivity contribution >= 4 is 35.4 Å². The van der Waals surface area contributed by atoms with Crippen molar-refractivity contribution in [2.75, 3.05) is 18.0 Å². The van der Waals surface area contributed by atoms with Gasteiger partial charge in [-0.05, 0) is 18.8 Å². The molecule has 1 aromatic rings. The highest BCUT2D eigenvalue weighted by Gasteiger charge is 2.39. The zero-order chi connectivity index (χ0) is 21.1. The molecule has 0 saturated carbocycles. The Morgan fingerprint density at radius 3 is 2.57 bits per heavy atom. The maximum Gasteiger partial charge on any atom is 0.475 e. The lowest BCUT2D eigenvalue weighted by Crippen LogP contribution is -2.58. The number of thiazole rings is 1. The lowest BCUT2D eigenvalue weighted by molar-refractivity contribution is -0.140. The lowest BCUT2D eigenvalue weighted by Gasteiger charge is -2.39. The summed E-state index contributed by atoms with van der Waals surface area (Å²) >= 11 is 0.803. The summed E-state index contributed by atoms with van der Waals surface area (Å²) in [5.74, 6) is -1.84. The van der Waals surface area contributed by atoms with E-state index < -0.39 is 42.8 Å². The summed E-state index contributed by atoms with van der Waals surface area (Å²) in [6, 6.07) is -0.699. The van der Waals surface area contributed by atoms with Crippen LogP contribution in [0.4, 0.5) is 18.3 Å². The molecule has 0 aliphatic carbocycles. The third-order valence-electron chi connectivity index (χ3n) is 4.21. The predicted molar refractivity (Wildman–Crippen MR) is 97.5 cm³/mol. The normalized spacial score (nSPS) is 17.9. The van der Waals surface area contributed by atoms with Gasteiger partial charge in [0, 0.05) is 11.9 Å². The van der Waals surface area contributed by atoms with E-state index in [1.807, 2.05) is 13.8 Å². The monoisotopic (exact) mass is 422 g/mol. The van der Waals surface area contributed by atoms with Gasteiger partial charge in [0.15, 0.2) is 10.8 Å². The number of alkyl halides is 3. The van der Waals surface area contributed by atoms with Gasteiger partial charge in [0.25, 0.3) is 0 Å². The highest BCUT2D eigenvalue weighted by Crippen LogP contribution is 2.35. The van der Waals surface area contributed by atoms with Crippen molar-refractivity contribution < 1.29 is 32.8 Å². The summed E-state index contributed by atoms with van der Waals surface area (Å²) in [6.45, 7) is 3.73. The molecule has 2 amide bonds. The number of rotatable bonds is 8. The fourth-order valence-electron chi connectivity index (χ4n) is 2.72. The zero-order valence-electron chi connectivity index (χ0n) is 15.4. The summed E-state index contributed by atoms with van der Waals surface area (Å²) in [5.41, 5.74) is -1.00. The number of nitrogens with zero attached hydrogens (tertiary/aromatic N) is 2. The summed E-state index contributed by atoms with van der Waals surface area (Å²) in [7, 11) is -1.73. The molecule has 1 fully saturated rings. The van der Waals surface area contributed by atoms with Crippen LogP contribution in [-0.2, 0) is 15.8 Å². The van der Waals surface area contributed by atoms with Crippen LogP contribution in [0.3, 0.4) is 0 Å². The van der Waals surface area contributed by atoms with Crippen LogP contribution in [-0.4, -0.2) is 59.0 Å². The first-order chi connectivity index (χ1) is 13.0. The van der Waals surface area contributed by atoms with Crippen molar-refractivity contribution in [3.05, 3.63) is 11.1 Å². The SMILES string of the molecule is CC(C)C[C@H](NC(=O)CNC(=O)[C@@H]1CCN1c1nc(C(F)(F)F)cs1)B(O)O. The van der Waals surface area contributed by atoms with E-state index in [0.29, 0.717) is 19.4 Å². The Bertz CT molecular complexity index is 701. The highest BCUT2D eigenvalue weighted by molar-refractivity contribution is 7.13. The molecule has 156 valence electrons. The summed E-state index contributed by atoms with van der Waals surface area (Å²) < 4.78 is 38.0. The van der Waals surface area contributed by atoms with E-state index in [9.17, 15) is 32.8 Å². The number of aromatic nitrogens is 1. The average molecular weight is 422 g/mol. The number of anilines is 1. The van der Waals surface area contributed by atoms with E-state index in [2.05, 4.69) is 15.6 Å². The number of carbonyl (C=O) groups excluding carboxylic acids is 2. The predicted octanol–water partition coefficient (Wildman–Crippen LogP) is 0.400. The fraction of sp³-hybridized carbons (Fsp3) is 0.667. The number of nitrogens with one attached hydrogen (secondary N) is 2. The molecule has 2 rings (SSSR count). The van der Waals surface area contributed by atoms with Gasteiger partial charge in [-0.25, -0.2) is 4.98 Å². The van der Waals surface area contributed by atoms with E-state index in [4.69, 9.17) is 0 Å². The molecule has 0 unspecified atom stereocenters. The van der Waals surface area contributed by atoms with Crippen LogP contribution < -0.4 is 15.5 Å². The molecule has 0 aromatic carbocycles. The molecule has 1 saturated heterocycles. The van der Waals surface area contributed by atoms with E-state index in [-0.39, 0.29) is 17.6 Å². The maximum atomic E-state index is 12.7. The van der Waals surface area contributed by atoms with E-state index in [0.717, 1.165) is 16.7 Å². The topological polar surface area (TPSA) is 115 Å². The van der Waals surface area contributed by atoms with Gasteiger partial charge in [-0.15, -0.1) is 11.3 Å². The van der Waals surface area contributed by atoms with Crippen LogP contribution in [0.1, 0.15) is 32.4 Å². The minimum Gasteiger partial charge on any atom is -0.426 e. The standard InChI is InChI=1S/C15H22BF3N4O4S/c1-8(2)5-11(16(26)27)22-12(24)6-20-13(25)9-3-4-23(9)14-21-10(7-28-14)15(17,18)19/h7-9,11,26-27H,3-6H2,1-2H3,(H,20,25)(H,22,24)/t9-,11-/m0/s1. The smallest absolute Gasteiger partial charge is 0.426 e.